The molecule has 0 saturated heterocycles. The van der Waals surface area contributed by atoms with E-state index in [1.165, 1.54) is 6.33 Å². The molecule has 96 valence electrons. The predicted molar refractivity (Wildman–Crippen MR) is 71.3 cm³/mol. The molecule has 0 amide bonds. The number of rotatable bonds is 3. The molecule has 0 spiro atoms. The van der Waals surface area contributed by atoms with E-state index in [1.54, 1.807) is 22.8 Å². The van der Waals surface area contributed by atoms with E-state index >= 15 is 0 Å². The normalized spacial score (nSPS) is 12.5. The van der Waals surface area contributed by atoms with Crippen molar-refractivity contribution in [2.45, 2.75) is 13.0 Å². The van der Waals surface area contributed by atoms with Crippen LogP contribution in [0.5, 0.6) is 5.75 Å². The van der Waals surface area contributed by atoms with Crippen LogP contribution < -0.4 is 4.74 Å². The van der Waals surface area contributed by atoms with Gasteiger partial charge in [-0.2, -0.15) is 14.6 Å². The van der Waals surface area contributed by atoms with Crippen molar-refractivity contribution in [3.8, 4) is 5.75 Å². The number of ether oxygens (including phenoxy) is 1. The van der Waals surface area contributed by atoms with E-state index in [1.807, 2.05) is 25.1 Å². The quantitative estimate of drug-likeness (QED) is 0.737. The van der Waals surface area contributed by atoms with E-state index in [4.69, 9.17) is 16.3 Å². The molecule has 0 N–H and O–H groups in total. The number of nitrogens with zero attached hydrogens (tertiary/aromatic N) is 4. The zero-order valence-electron chi connectivity index (χ0n) is 10.2. The van der Waals surface area contributed by atoms with Gasteiger partial charge in [0.2, 0.25) is 0 Å². The van der Waals surface area contributed by atoms with Gasteiger partial charge in [-0.15, -0.1) is 0 Å². The summed E-state index contributed by atoms with van der Waals surface area (Å²) in [4.78, 5) is 8.17. The van der Waals surface area contributed by atoms with Crippen LogP contribution in [-0.4, -0.2) is 19.6 Å². The third kappa shape index (κ3) is 2.37. The van der Waals surface area contributed by atoms with Gasteiger partial charge in [0.1, 0.15) is 18.2 Å². The van der Waals surface area contributed by atoms with Gasteiger partial charge in [0.05, 0.1) is 5.69 Å². The standard InChI is InChI=1S/C13H11ClN4O/c1-9(19-11-4-2-3-10(14)7-11)12-5-6-15-13-16-8-17-18(12)13/h2-9H,1H3/t9-/m0/s1. The summed E-state index contributed by atoms with van der Waals surface area (Å²) in [5, 5.41) is 4.78. The molecule has 3 rings (SSSR count). The van der Waals surface area contributed by atoms with E-state index in [9.17, 15) is 0 Å². The van der Waals surface area contributed by atoms with E-state index in [-0.39, 0.29) is 6.10 Å². The van der Waals surface area contributed by atoms with Crippen molar-refractivity contribution < 1.29 is 4.74 Å². The highest BCUT2D eigenvalue weighted by Crippen LogP contribution is 2.23. The summed E-state index contributed by atoms with van der Waals surface area (Å²) in [6.07, 6.45) is 2.97. The average Bonchev–Trinajstić information content (AvgIpc) is 2.86. The highest BCUT2D eigenvalue weighted by molar-refractivity contribution is 6.30. The maximum atomic E-state index is 5.93. The highest BCUT2D eigenvalue weighted by atomic mass is 35.5. The monoisotopic (exact) mass is 274 g/mol. The van der Waals surface area contributed by atoms with Crippen LogP contribution in [0.15, 0.2) is 42.9 Å². The van der Waals surface area contributed by atoms with E-state index < -0.39 is 0 Å². The molecule has 19 heavy (non-hydrogen) atoms. The van der Waals surface area contributed by atoms with Crippen molar-refractivity contribution in [1.29, 1.82) is 0 Å². The fourth-order valence-electron chi connectivity index (χ4n) is 1.87. The van der Waals surface area contributed by atoms with Crippen LogP contribution in [0.1, 0.15) is 18.7 Å². The molecular formula is C13H11ClN4O. The molecule has 6 heteroatoms. The average molecular weight is 275 g/mol. The molecule has 0 radical (unpaired) electrons. The number of benzene rings is 1. The SMILES string of the molecule is C[C@H](Oc1cccc(Cl)c1)c1ccnc2ncnn12. The summed E-state index contributed by atoms with van der Waals surface area (Å²) >= 11 is 5.93. The van der Waals surface area contributed by atoms with Gasteiger partial charge in [0, 0.05) is 11.2 Å². The Labute approximate surface area is 114 Å². The first-order chi connectivity index (χ1) is 9.24. The second kappa shape index (κ2) is 4.85. The van der Waals surface area contributed by atoms with Crippen LogP contribution in [0.25, 0.3) is 5.78 Å². The van der Waals surface area contributed by atoms with Crippen molar-refractivity contribution in [3.05, 3.63) is 53.6 Å². The largest absolute Gasteiger partial charge is 0.484 e. The summed E-state index contributed by atoms with van der Waals surface area (Å²) < 4.78 is 7.52. The van der Waals surface area contributed by atoms with Crippen molar-refractivity contribution in [1.82, 2.24) is 19.6 Å². The summed E-state index contributed by atoms with van der Waals surface area (Å²) in [5.41, 5.74) is 0.877. The Hall–Kier alpha value is -2.14. The fourth-order valence-corrected chi connectivity index (χ4v) is 2.05. The van der Waals surface area contributed by atoms with Gasteiger partial charge in [0.15, 0.2) is 0 Å². The number of halogens is 1. The number of aromatic nitrogens is 4. The lowest BCUT2D eigenvalue weighted by Crippen LogP contribution is -2.09. The Balaban J connectivity index is 1.91. The number of fused-ring (bicyclic) bond motifs is 1. The van der Waals surface area contributed by atoms with Gasteiger partial charge in [-0.25, -0.2) is 4.98 Å². The molecule has 0 saturated carbocycles. The second-order valence-corrected chi connectivity index (χ2v) is 4.50. The van der Waals surface area contributed by atoms with Crippen molar-refractivity contribution in [2.75, 3.05) is 0 Å². The second-order valence-electron chi connectivity index (χ2n) is 4.06. The van der Waals surface area contributed by atoms with Crippen LogP contribution in [-0.2, 0) is 0 Å². The van der Waals surface area contributed by atoms with Gasteiger partial charge in [0.25, 0.3) is 5.78 Å². The molecule has 0 aliphatic heterocycles. The summed E-state index contributed by atoms with van der Waals surface area (Å²) in [5.74, 6) is 1.27. The molecule has 2 heterocycles. The minimum atomic E-state index is -0.189. The third-order valence-corrected chi connectivity index (χ3v) is 2.97. The predicted octanol–water partition coefficient (Wildman–Crippen LogP) is 2.92. The Morgan fingerprint density at radius 3 is 3.00 bits per heavy atom. The molecule has 0 aliphatic rings. The molecule has 0 aliphatic carbocycles. The Bertz CT molecular complexity index is 712. The molecule has 2 aromatic heterocycles. The highest BCUT2D eigenvalue weighted by Gasteiger charge is 2.13. The van der Waals surface area contributed by atoms with Gasteiger partial charge in [-0.1, -0.05) is 17.7 Å². The fraction of sp³-hybridized carbons (Fsp3) is 0.154. The maximum Gasteiger partial charge on any atom is 0.252 e. The molecule has 3 aromatic rings. The Morgan fingerprint density at radius 2 is 2.16 bits per heavy atom. The molecule has 0 bridgehead atoms. The van der Waals surface area contributed by atoms with Crippen LogP contribution in [0.3, 0.4) is 0 Å². The topological polar surface area (TPSA) is 52.3 Å². The first kappa shape index (κ1) is 11.9. The molecule has 1 atom stereocenters. The van der Waals surface area contributed by atoms with Crippen LogP contribution in [0.4, 0.5) is 0 Å². The summed E-state index contributed by atoms with van der Waals surface area (Å²) in [6, 6.07) is 9.15. The lowest BCUT2D eigenvalue weighted by atomic mass is 10.2. The maximum absolute atomic E-state index is 5.93. The molecule has 1 aromatic carbocycles. The van der Waals surface area contributed by atoms with Crippen molar-refractivity contribution in [3.63, 3.8) is 0 Å². The number of hydrogen-bond acceptors (Lipinski definition) is 4. The van der Waals surface area contributed by atoms with E-state index in [0.29, 0.717) is 16.5 Å². The van der Waals surface area contributed by atoms with Crippen LogP contribution in [0.2, 0.25) is 5.02 Å². The van der Waals surface area contributed by atoms with E-state index in [0.717, 1.165) is 5.69 Å². The van der Waals surface area contributed by atoms with Gasteiger partial charge >= 0.3 is 0 Å². The third-order valence-electron chi connectivity index (χ3n) is 2.74. The van der Waals surface area contributed by atoms with Gasteiger partial charge in [-0.3, -0.25) is 0 Å². The first-order valence-corrected chi connectivity index (χ1v) is 6.19. The van der Waals surface area contributed by atoms with Crippen molar-refractivity contribution in [2.24, 2.45) is 0 Å². The first-order valence-electron chi connectivity index (χ1n) is 5.81. The van der Waals surface area contributed by atoms with Crippen molar-refractivity contribution >= 4 is 17.4 Å². The lowest BCUT2D eigenvalue weighted by molar-refractivity contribution is 0.218. The zero-order chi connectivity index (χ0) is 13.2. The molecule has 5 nitrogen and oxygen atoms in total. The van der Waals surface area contributed by atoms with Gasteiger partial charge < -0.3 is 4.74 Å². The summed E-state index contributed by atoms with van der Waals surface area (Å²) in [6.45, 7) is 1.94. The lowest BCUT2D eigenvalue weighted by Gasteiger charge is -2.15. The Morgan fingerprint density at radius 1 is 1.26 bits per heavy atom. The van der Waals surface area contributed by atoms with Crippen LogP contribution >= 0.6 is 11.6 Å². The zero-order valence-corrected chi connectivity index (χ0v) is 10.9. The minimum Gasteiger partial charge on any atom is -0.484 e. The van der Waals surface area contributed by atoms with E-state index in [2.05, 4.69) is 15.1 Å². The number of hydrogen-bond donors (Lipinski definition) is 0. The minimum absolute atomic E-state index is 0.189. The Kier molecular flexibility index (Phi) is 3.05. The molecule has 0 fully saturated rings. The summed E-state index contributed by atoms with van der Waals surface area (Å²) in [7, 11) is 0. The van der Waals surface area contributed by atoms with Gasteiger partial charge in [-0.05, 0) is 31.2 Å². The van der Waals surface area contributed by atoms with Crippen LogP contribution in [0, 0.1) is 0 Å². The smallest absolute Gasteiger partial charge is 0.252 e. The molecular weight excluding hydrogens is 264 g/mol. The molecule has 0 unspecified atom stereocenters.